The van der Waals surface area contributed by atoms with Gasteiger partial charge in [0.05, 0.1) is 6.10 Å². The number of aromatic hydroxyl groups is 2. The standard InChI is InChI=1S/C17H20O8/c1-9(18)17(24)7-13(21)16(23)14(8-17)25-15(22)5-3-10-2-4-11(19)12(20)6-10/h2-6,13-14,16,19-21,23-24H,7-8H2,1H3/b5-3-. The molecule has 0 heterocycles. The minimum atomic E-state index is -1.87. The van der Waals surface area contributed by atoms with Crippen molar-refractivity contribution in [3.05, 3.63) is 29.8 Å². The van der Waals surface area contributed by atoms with E-state index in [4.69, 9.17) is 4.74 Å². The fourth-order valence-corrected chi connectivity index (χ4v) is 2.65. The summed E-state index contributed by atoms with van der Waals surface area (Å²) >= 11 is 0. The Morgan fingerprint density at radius 1 is 1.20 bits per heavy atom. The van der Waals surface area contributed by atoms with Gasteiger partial charge in [-0.1, -0.05) is 6.07 Å². The van der Waals surface area contributed by atoms with Gasteiger partial charge < -0.3 is 30.3 Å². The number of benzene rings is 1. The predicted octanol–water partition coefficient (Wildman–Crippen LogP) is -0.142. The Hall–Kier alpha value is -2.42. The number of carbonyl (C=O) groups is 2. The average molecular weight is 352 g/mol. The molecule has 5 N–H and O–H groups in total. The molecule has 0 spiro atoms. The average Bonchev–Trinajstić information content (AvgIpc) is 2.53. The van der Waals surface area contributed by atoms with Crippen molar-refractivity contribution in [3.63, 3.8) is 0 Å². The molecule has 0 aromatic heterocycles. The van der Waals surface area contributed by atoms with E-state index in [0.29, 0.717) is 5.56 Å². The molecule has 8 nitrogen and oxygen atoms in total. The van der Waals surface area contributed by atoms with Gasteiger partial charge in [0.15, 0.2) is 17.3 Å². The molecule has 1 aliphatic rings. The molecule has 4 unspecified atom stereocenters. The molecule has 0 saturated heterocycles. The number of rotatable bonds is 4. The quantitative estimate of drug-likeness (QED) is 0.286. The number of esters is 1. The molecule has 0 radical (unpaired) electrons. The number of phenolic OH excluding ortho intramolecular Hbond substituents is 2. The highest BCUT2D eigenvalue weighted by Gasteiger charge is 2.48. The first-order valence-corrected chi connectivity index (χ1v) is 7.62. The third-order valence-electron chi connectivity index (χ3n) is 4.20. The molecule has 4 atom stereocenters. The Labute approximate surface area is 143 Å². The van der Waals surface area contributed by atoms with Crippen molar-refractivity contribution in [3.8, 4) is 11.5 Å². The maximum Gasteiger partial charge on any atom is 0.331 e. The largest absolute Gasteiger partial charge is 0.504 e. The van der Waals surface area contributed by atoms with E-state index in [0.717, 1.165) is 13.0 Å². The summed E-state index contributed by atoms with van der Waals surface area (Å²) in [5, 5.41) is 48.5. The molecule has 1 fully saturated rings. The molecule has 0 aliphatic heterocycles. The first-order valence-electron chi connectivity index (χ1n) is 7.62. The number of ether oxygens (including phenoxy) is 1. The Kier molecular flexibility index (Phi) is 5.46. The van der Waals surface area contributed by atoms with E-state index < -0.39 is 35.7 Å². The summed E-state index contributed by atoms with van der Waals surface area (Å²) in [6, 6.07) is 3.92. The molecule has 1 aromatic rings. The van der Waals surface area contributed by atoms with Crippen molar-refractivity contribution in [2.24, 2.45) is 0 Å². The zero-order chi connectivity index (χ0) is 18.8. The van der Waals surface area contributed by atoms with Crippen LogP contribution in [0.1, 0.15) is 25.3 Å². The van der Waals surface area contributed by atoms with Gasteiger partial charge >= 0.3 is 5.97 Å². The number of Topliss-reactive ketones (excluding diaryl/α,β-unsaturated/α-hetero) is 1. The molecule has 8 heteroatoms. The van der Waals surface area contributed by atoms with Crippen molar-refractivity contribution >= 4 is 17.8 Å². The number of aliphatic hydroxyl groups excluding tert-OH is 2. The van der Waals surface area contributed by atoms with Gasteiger partial charge in [0.25, 0.3) is 0 Å². The Morgan fingerprint density at radius 3 is 2.48 bits per heavy atom. The van der Waals surface area contributed by atoms with Crippen molar-refractivity contribution in [1.82, 2.24) is 0 Å². The van der Waals surface area contributed by atoms with Crippen LogP contribution in [0.25, 0.3) is 6.08 Å². The van der Waals surface area contributed by atoms with Crippen molar-refractivity contribution in [1.29, 1.82) is 0 Å². The molecule has 136 valence electrons. The molecule has 0 amide bonds. The molecule has 2 rings (SSSR count). The van der Waals surface area contributed by atoms with E-state index in [1.807, 2.05) is 0 Å². The summed E-state index contributed by atoms with van der Waals surface area (Å²) < 4.78 is 5.04. The Bertz CT molecular complexity index is 698. The zero-order valence-electron chi connectivity index (χ0n) is 13.5. The minimum Gasteiger partial charge on any atom is -0.504 e. The number of hydrogen-bond donors (Lipinski definition) is 5. The third-order valence-corrected chi connectivity index (χ3v) is 4.20. The normalized spacial score (nSPS) is 29.5. The third kappa shape index (κ3) is 4.36. The highest BCUT2D eigenvalue weighted by molar-refractivity contribution is 5.88. The van der Waals surface area contributed by atoms with Crippen LogP contribution in [-0.2, 0) is 14.3 Å². The molecular formula is C17H20O8. The number of aliphatic hydroxyl groups is 3. The van der Waals surface area contributed by atoms with E-state index in [-0.39, 0.29) is 24.3 Å². The lowest BCUT2D eigenvalue weighted by Crippen LogP contribution is -2.56. The summed E-state index contributed by atoms with van der Waals surface area (Å²) in [6.07, 6.45) is -2.40. The van der Waals surface area contributed by atoms with Crippen LogP contribution in [0.4, 0.5) is 0 Å². The number of phenols is 2. The minimum absolute atomic E-state index is 0.303. The van der Waals surface area contributed by atoms with Crippen LogP contribution in [0, 0.1) is 0 Å². The topological polar surface area (TPSA) is 145 Å². The maximum atomic E-state index is 11.9. The first kappa shape index (κ1) is 18.9. The molecular weight excluding hydrogens is 332 g/mol. The van der Waals surface area contributed by atoms with E-state index in [2.05, 4.69) is 0 Å². The van der Waals surface area contributed by atoms with Crippen molar-refractivity contribution in [2.45, 2.75) is 43.7 Å². The van der Waals surface area contributed by atoms with Crippen LogP contribution < -0.4 is 0 Å². The van der Waals surface area contributed by atoms with Crippen LogP contribution in [0.15, 0.2) is 24.3 Å². The van der Waals surface area contributed by atoms with E-state index in [9.17, 15) is 35.1 Å². The second kappa shape index (κ2) is 7.22. The van der Waals surface area contributed by atoms with E-state index in [1.165, 1.54) is 24.3 Å². The van der Waals surface area contributed by atoms with Gasteiger partial charge in [0.2, 0.25) is 0 Å². The van der Waals surface area contributed by atoms with Gasteiger partial charge in [0, 0.05) is 18.9 Å². The zero-order valence-corrected chi connectivity index (χ0v) is 13.5. The van der Waals surface area contributed by atoms with Gasteiger partial charge in [-0.2, -0.15) is 0 Å². The van der Waals surface area contributed by atoms with Crippen LogP contribution in [0.5, 0.6) is 11.5 Å². The van der Waals surface area contributed by atoms with Crippen LogP contribution in [0.3, 0.4) is 0 Å². The van der Waals surface area contributed by atoms with Gasteiger partial charge in [0.1, 0.15) is 17.8 Å². The second-order valence-corrected chi connectivity index (χ2v) is 6.11. The second-order valence-electron chi connectivity index (χ2n) is 6.11. The van der Waals surface area contributed by atoms with Crippen molar-refractivity contribution in [2.75, 3.05) is 0 Å². The Balaban J connectivity index is 2.06. The maximum absolute atomic E-state index is 11.9. The lowest BCUT2D eigenvalue weighted by Gasteiger charge is -2.40. The van der Waals surface area contributed by atoms with Crippen LogP contribution in [-0.4, -0.2) is 61.2 Å². The summed E-state index contributed by atoms with van der Waals surface area (Å²) in [6.45, 7) is 1.15. The monoisotopic (exact) mass is 352 g/mol. The van der Waals surface area contributed by atoms with Gasteiger partial charge in [-0.25, -0.2) is 4.79 Å². The smallest absolute Gasteiger partial charge is 0.331 e. The molecule has 25 heavy (non-hydrogen) atoms. The summed E-state index contributed by atoms with van der Waals surface area (Å²) in [7, 11) is 0. The number of ketones is 1. The Morgan fingerprint density at radius 2 is 1.88 bits per heavy atom. The van der Waals surface area contributed by atoms with Gasteiger partial charge in [-0.15, -0.1) is 0 Å². The summed E-state index contributed by atoms with van der Waals surface area (Å²) in [4.78, 5) is 23.4. The number of carbonyl (C=O) groups excluding carboxylic acids is 2. The van der Waals surface area contributed by atoms with Gasteiger partial charge in [-0.05, 0) is 30.7 Å². The fourth-order valence-electron chi connectivity index (χ4n) is 2.65. The van der Waals surface area contributed by atoms with Crippen molar-refractivity contribution < 1.29 is 39.9 Å². The molecule has 1 aliphatic carbocycles. The highest BCUT2D eigenvalue weighted by Crippen LogP contribution is 2.32. The van der Waals surface area contributed by atoms with Crippen LogP contribution in [0.2, 0.25) is 0 Å². The SMILES string of the molecule is CC(=O)C1(O)CC(O)C(O)C(OC(=O)/C=C\c2ccc(O)c(O)c2)C1. The fraction of sp³-hybridized carbons (Fsp3) is 0.412. The first-order chi connectivity index (χ1) is 11.6. The molecule has 1 saturated carbocycles. The van der Waals surface area contributed by atoms with Gasteiger partial charge in [-0.3, -0.25) is 4.79 Å². The number of hydrogen-bond acceptors (Lipinski definition) is 8. The predicted molar refractivity (Wildman–Crippen MR) is 85.6 cm³/mol. The summed E-state index contributed by atoms with van der Waals surface area (Å²) in [5.74, 6) is -2.11. The highest BCUT2D eigenvalue weighted by atomic mass is 16.6. The van der Waals surface area contributed by atoms with E-state index >= 15 is 0 Å². The molecule has 1 aromatic carbocycles. The summed E-state index contributed by atoms with van der Waals surface area (Å²) in [5.41, 5.74) is -1.45. The van der Waals surface area contributed by atoms with E-state index in [1.54, 1.807) is 0 Å². The lowest BCUT2D eigenvalue weighted by atomic mass is 9.77. The lowest BCUT2D eigenvalue weighted by molar-refractivity contribution is -0.185. The van der Waals surface area contributed by atoms with Crippen LogP contribution >= 0.6 is 0 Å². The molecule has 0 bridgehead atoms.